The number of rotatable bonds is 2. The van der Waals surface area contributed by atoms with Crippen LogP contribution in [-0.2, 0) is 7.05 Å². The van der Waals surface area contributed by atoms with Crippen LogP contribution < -0.4 is 0 Å². The Labute approximate surface area is 182 Å². The first-order chi connectivity index (χ1) is 15.2. The van der Waals surface area contributed by atoms with Crippen molar-refractivity contribution in [3.63, 3.8) is 0 Å². The van der Waals surface area contributed by atoms with Crippen molar-refractivity contribution in [2.75, 3.05) is 0 Å². The van der Waals surface area contributed by atoms with Gasteiger partial charge in [0.15, 0.2) is 0 Å². The maximum Gasteiger partial charge on any atom is 0.0575 e. The van der Waals surface area contributed by atoms with E-state index in [0.717, 1.165) is 0 Å². The maximum atomic E-state index is 2.37. The zero-order chi connectivity index (χ0) is 20.9. The van der Waals surface area contributed by atoms with Gasteiger partial charge in [-0.2, -0.15) is 0 Å². The lowest BCUT2D eigenvalue weighted by atomic mass is 9.86. The number of benzene rings is 5. The Morgan fingerprint density at radius 2 is 1.16 bits per heavy atom. The predicted octanol–water partition coefficient (Wildman–Crippen LogP) is 8.13. The van der Waals surface area contributed by atoms with Crippen molar-refractivity contribution in [1.29, 1.82) is 0 Å². The van der Waals surface area contributed by atoms with Gasteiger partial charge in [-0.05, 0) is 41.1 Å². The normalized spacial score (nSPS) is 11.5. The van der Waals surface area contributed by atoms with Crippen molar-refractivity contribution >= 4 is 32.6 Å². The summed E-state index contributed by atoms with van der Waals surface area (Å²) < 4.78 is 2.37. The Bertz CT molecular complexity index is 1570. The van der Waals surface area contributed by atoms with Gasteiger partial charge in [-0.3, -0.25) is 0 Å². The highest BCUT2D eigenvalue weighted by molar-refractivity contribution is 6.28. The molecule has 0 N–H and O–H groups in total. The van der Waals surface area contributed by atoms with Gasteiger partial charge in [0, 0.05) is 34.3 Å². The van der Waals surface area contributed by atoms with Gasteiger partial charge in [-0.15, -0.1) is 0 Å². The van der Waals surface area contributed by atoms with Gasteiger partial charge in [0.05, 0.1) is 5.52 Å². The Morgan fingerprint density at radius 3 is 1.87 bits per heavy atom. The molecule has 1 aromatic heterocycles. The molecule has 0 unspecified atom stereocenters. The van der Waals surface area contributed by atoms with E-state index in [1.165, 1.54) is 60.4 Å². The Hall–Kier alpha value is -3.84. The molecule has 148 valence electrons. The molecule has 0 amide bonds. The van der Waals surface area contributed by atoms with Crippen molar-refractivity contribution in [3.05, 3.63) is 109 Å². The summed E-state index contributed by atoms with van der Waals surface area (Å²) >= 11 is 0. The topological polar surface area (TPSA) is 4.93 Å². The van der Waals surface area contributed by atoms with Crippen LogP contribution in [0.25, 0.3) is 54.8 Å². The summed E-state index contributed by atoms with van der Waals surface area (Å²) in [5, 5.41) is 5.25. The summed E-state index contributed by atoms with van der Waals surface area (Å²) in [6, 6.07) is 37.3. The van der Waals surface area contributed by atoms with E-state index in [1.54, 1.807) is 0 Å². The third kappa shape index (κ3) is 2.63. The van der Waals surface area contributed by atoms with Crippen LogP contribution in [0.2, 0.25) is 0 Å². The minimum atomic E-state index is 1.25. The second kappa shape index (κ2) is 6.85. The van der Waals surface area contributed by atoms with Crippen LogP contribution in [0.4, 0.5) is 0 Å². The van der Waals surface area contributed by atoms with Crippen LogP contribution in [0.3, 0.4) is 0 Å². The smallest absolute Gasteiger partial charge is 0.0575 e. The van der Waals surface area contributed by atoms with Crippen LogP contribution >= 0.6 is 0 Å². The zero-order valence-corrected chi connectivity index (χ0v) is 17.8. The number of aryl methyl sites for hydroxylation is 2. The summed E-state index contributed by atoms with van der Waals surface area (Å²) in [6.45, 7) is 2.18. The zero-order valence-electron chi connectivity index (χ0n) is 17.8. The van der Waals surface area contributed by atoms with Gasteiger partial charge in [0.1, 0.15) is 0 Å². The molecule has 0 aliphatic rings. The highest BCUT2D eigenvalue weighted by atomic mass is 14.9. The second-order valence-corrected chi connectivity index (χ2v) is 8.33. The monoisotopic (exact) mass is 397 g/mol. The van der Waals surface area contributed by atoms with Crippen molar-refractivity contribution in [3.8, 4) is 22.3 Å². The van der Waals surface area contributed by atoms with Crippen molar-refractivity contribution in [1.82, 2.24) is 4.57 Å². The average molecular weight is 398 g/mol. The Kier molecular flexibility index (Phi) is 3.97. The molecule has 1 heteroatoms. The molecular weight excluding hydrogens is 374 g/mol. The molecule has 31 heavy (non-hydrogen) atoms. The maximum absolute atomic E-state index is 2.37. The highest BCUT2D eigenvalue weighted by Gasteiger charge is 2.22. The van der Waals surface area contributed by atoms with Gasteiger partial charge in [0.2, 0.25) is 0 Å². The number of hydrogen-bond donors (Lipinski definition) is 0. The highest BCUT2D eigenvalue weighted by Crippen LogP contribution is 2.47. The number of para-hydroxylation sites is 1. The van der Waals surface area contributed by atoms with E-state index in [4.69, 9.17) is 0 Å². The molecule has 0 fully saturated rings. The second-order valence-electron chi connectivity index (χ2n) is 8.33. The molecule has 1 heterocycles. The molecule has 1 nitrogen and oxygen atoms in total. The van der Waals surface area contributed by atoms with E-state index in [9.17, 15) is 0 Å². The van der Waals surface area contributed by atoms with Gasteiger partial charge in [0.25, 0.3) is 0 Å². The molecule has 0 aliphatic heterocycles. The Morgan fingerprint density at radius 1 is 0.548 bits per heavy atom. The van der Waals surface area contributed by atoms with Crippen LogP contribution in [0.15, 0.2) is 103 Å². The molecule has 0 bridgehead atoms. The lowest BCUT2D eigenvalue weighted by Gasteiger charge is -2.18. The number of nitrogens with zero attached hydrogens (tertiary/aromatic N) is 1. The largest absolute Gasteiger partial charge is 0.343 e. The van der Waals surface area contributed by atoms with Crippen LogP contribution in [0.5, 0.6) is 0 Å². The summed E-state index contributed by atoms with van der Waals surface area (Å²) in [5.74, 6) is 0. The van der Waals surface area contributed by atoms with Gasteiger partial charge < -0.3 is 4.57 Å². The fourth-order valence-corrected chi connectivity index (χ4v) is 5.09. The van der Waals surface area contributed by atoms with E-state index >= 15 is 0 Å². The first-order valence-electron chi connectivity index (χ1n) is 10.8. The molecule has 0 radical (unpaired) electrons. The van der Waals surface area contributed by atoms with Gasteiger partial charge in [-0.1, -0.05) is 96.6 Å². The third-order valence-corrected chi connectivity index (χ3v) is 6.43. The number of fused-ring (bicyclic) bond motifs is 5. The minimum absolute atomic E-state index is 1.25. The van der Waals surface area contributed by atoms with Gasteiger partial charge >= 0.3 is 0 Å². The molecule has 5 aromatic carbocycles. The van der Waals surface area contributed by atoms with E-state index in [0.29, 0.717) is 0 Å². The molecule has 0 saturated carbocycles. The molecule has 0 saturated heterocycles. The fourth-order valence-electron chi connectivity index (χ4n) is 5.09. The standard InChI is InChI=1S/C30H23N/c1-20-17-18-23-25(19-20)30-29(24-15-9-10-16-26(24)31(30)2)28(22-13-7-4-8-14-22)27(23)21-11-5-3-6-12-21/h3-19H,1-2H3. The van der Waals surface area contributed by atoms with Crippen molar-refractivity contribution in [2.45, 2.75) is 6.92 Å². The molecule has 0 atom stereocenters. The quantitative estimate of drug-likeness (QED) is 0.278. The lowest BCUT2D eigenvalue weighted by molar-refractivity contribution is 1.02. The third-order valence-electron chi connectivity index (χ3n) is 6.43. The number of hydrogen-bond acceptors (Lipinski definition) is 0. The summed E-state index contributed by atoms with van der Waals surface area (Å²) in [5.41, 5.74) is 8.99. The lowest BCUT2D eigenvalue weighted by Crippen LogP contribution is -1.94. The summed E-state index contributed by atoms with van der Waals surface area (Å²) in [6.07, 6.45) is 0. The fraction of sp³-hybridized carbons (Fsp3) is 0.0667. The summed E-state index contributed by atoms with van der Waals surface area (Å²) in [4.78, 5) is 0. The predicted molar refractivity (Wildman–Crippen MR) is 134 cm³/mol. The molecule has 0 aliphatic carbocycles. The van der Waals surface area contributed by atoms with E-state index in [-0.39, 0.29) is 0 Å². The first-order valence-corrected chi connectivity index (χ1v) is 10.8. The van der Waals surface area contributed by atoms with E-state index in [2.05, 4.69) is 122 Å². The number of aromatic nitrogens is 1. The van der Waals surface area contributed by atoms with Crippen LogP contribution in [-0.4, -0.2) is 4.57 Å². The van der Waals surface area contributed by atoms with E-state index < -0.39 is 0 Å². The van der Waals surface area contributed by atoms with Crippen molar-refractivity contribution < 1.29 is 0 Å². The first kappa shape index (κ1) is 18.0. The Balaban J connectivity index is 1.98. The molecular formula is C30H23N. The molecule has 0 spiro atoms. The minimum Gasteiger partial charge on any atom is -0.343 e. The van der Waals surface area contributed by atoms with Crippen LogP contribution in [0.1, 0.15) is 5.56 Å². The van der Waals surface area contributed by atoms with Crippen molar-refractivity contribution in [2.24, 2.45) is 7.05 Å². The average Bonchev–Trinajstić information content (AvgIpc) is 3.12. The van der Waals surface area contributed by atoms with E-state index in [1.807, 2.05) is 0 Å². The molecule has 6 rings (SSSR count). The van der Waals surface area contributed by atoms with Crippen LogP contribution in [0, 0.1) is 6.92 Å². The SMILES string of the molecule is Cc1ccc2c(-c3ccccc3)c(-c3ccccc3)c3c4ccccc4n(C)c3c2c1. The molecule has 6 aromatic rings. The summed E-state index contributed by atoms with van der Waals surface area (Å²) in [7, 11) is 2.20. The van der Waals surface area contributed by atoms with Gasteiger partial charge in [-0.25, -0.2) is 0 Å².